The third-order valence-corrected chi connectivity index (χ3v) is 2.80. The Kier molecular flexibility index (Phi) is 2.50. The number of benzene rings is 2. The minimum absolute atomic E-state index is 0.419. The molecule has 0 atom stereocenters. The molecule has 3 aromatic rings. The molecule has 0 spiro atoms. The first kappa shape index (κ1) is 10.2. The molecule has 0 radical (unpaired) electrons. The Labute approximate surface area is 104 Å². The number of hydrogen-bond acceptors (Lipinski definition) is 2. The monoisotopic (exact) mass is 240 g/mol. The lowest BCUT2D eigenvalue weighted by Crippen LogP contribution is -1.85. The fraction of sp³-hybridized carbons (Fsp3) is 0. The quantitative estimate of drug-likeness (QED) is 0.644. The molecule has 0 saturated carbocycles. The molecule has 0 aliphatic heterocycles. The maximum absolute atomic E-state index is 5.84. The van der Waals surface area contributed by atoms with Crippen LogP contribution < -0.4 is 0 Å². The molecule has 0 unspecified atom stereocenters. The van der Waals surface area contributed by atoms with Gasteiger partial charge in [0.2, 0.25) is 0 Å². The molecule has 0 aliphatic rings. The molecular weight excluding hydrogens is 232 g/mol. The molecule has 0 amide bonds. The van der Waals surface area contributed by atoms with E-state index in [2.05, 4.69) is 22.1 Å². The zero-order valence-corrected chi connectivity index (χ0v) is 9.72. The van der Waals surface area contributed by atoms with Crippen molar-refractivity contribution < 1.29 is 0 Å². The molecule has 17 heavy (non-hydrogen) atoms. The van der Waals surface area contributed by atoms with Crippen molar-refractivity contribution in [3.05, 3.63) is 59.9 Å². The van der Waals surface area contributed by atoms with Crippen molar-refractivity contribution in [2.45, 2.75) is 0 Å². The lowest BCUT2D eigenvalue weighted by molar-refractivity contribution is 1.29. The van der Waals surface area contributed by atoms with Gasteiger partial charge in [-0.3, -0.25) is 4.98 Å². The van der Waals surface area contributed by atoms with Crippen LogP contribution >= 0.6 is 11.6 Å². The van der Waals surface area contributed by atoms with Crippen LogP contribution in [0.25, 0.3) is 22.2 Å². The minimum atomic E-state index is 0.419. The van der Waals surface area contributed by atoms with Crippen LogP contribution in [0.1, 0.15) is 0 Å². The molecule has 3 heteroatoms. The highest BCUT2D eigenvalue weighted by Crippen LogP contribution is 2.22. The Hall–Kier alpha value is -1.93. The fourth-order valence-electron chi connectivity index (χ4n) is 1.80. The van der Waals surface area contributed by atoms with Gasteiger partial charge in [-0.15, -0.1) is 0 Å². The summed E-state index contributed by atoms with van der Waals surface area (Å²) >= 11 is 5.84. The summed E-state index contributed by atoms with van der Waals surface area (Å²) in [4.78, 5) is 8.49. The van der Waals surface area contributed by atoms with Crippen molar-refractivity contribution in [3.8, 4) is 11.1 Å². The molecule has 2 aromatic carbocycles. The van der Waals surface area contributed by atoms with E-state index in [1.54, 1.807) is 6.20 Å². The van der Waals surface area contributed by atoms with Crippen molar-refractivity contribution >= 4 is 22.6 Å². The third kappa shape index (κ3) is 1.99. The van der Waals surface area contributed by atoms with Crippen LogP contribution in [0.15, 0.2) is 54.7 Å². The Balaban J connectivity index is 2.19. The molecule has 0 N–H and O–H groups in total. The second kappa shape index (κ2) is 4.15. The molecule has 1 heterocycles. The van der Waals surface area contributed by atoms with Gasteiger partial charge in [0.1, 0.15) is 5.15 Å². The van der Waals surface area contributed by atoms with Crippen LogP contribution in [-0.4, -0.2) is 9.97 Å². The van der Waals surface area contributed by atoms with Crippen LogP contribution in [0.3, 0.4) is 0 Å². The number of rotatable bonds is 1. The number of nitrogens with zero attached hydrogens (tertiary/aromatic N) is 2. The average molecular weight is 241 g/mol. The minimum Gasteiger partial charge on any atom is -0.251 e. The Morgan fingerprint density at radius 2 is 1.65 bits per heavy atom. The van der Waals surface area contributed by atoms with Gasteiger partial charge >= 0.3 is 0 Å². The van der Waals surface area contributed by atoms with Crippen molar-refractivity contribution in [1.82, 2.24) is 9.97 Å². The van der Waals surface area contributed by atoms with Crippen LogP contribution in [-0.2, 0) is 0 Å². The molecule has 1 aromatic heterocycles. The van der Waals surface area contributed by atoms with E-state index in [4.69, 9.17) is 11.6 Å². The van der Waals surface area contributed by atoms with Crippen molar-refractivity contribution in [2.24, 2.45) is 0 Å². The second-order valence-corrected chi connectivity index (χ2v) is 4.15. The number of aromatic nitrogens is 2. The first-order valence-corrected chi connectivity index (χ1v) is 5.68. The van der Waals surface area contributed by atoms with E-state index >= 15 is 0 Å². The van der Waals surface area contributed by atoms with Crippen molar-refractivity contribution in [2.75, 3.05) is 0 Å². The smallest absolute Gasteiger partial charge is 0.148 e. The normalized spacial score (nSPS) is 10.6. The van der Waals surface area contributed by atoms with Gasteiger partial charge in [-0.25, -0.2) is 4.98 Å². The summed E-state index contributed by atoms with van der Waals surface area (Å²) in [6, 6.07) is 16.2. The Morgan fingerprint density at radius 1 is 0.824 bits per heavy atom. The van der Waals surface area contributed by atoms with Crippen molar-refractivity contribution in [1.29, 1.82) is 0 Å². The van der Waals surface area contributed by atoms with Crippen LogP contribution in [0.4, 0.5) is 0 Å². The van der Waals surface area contributed by atoms with Crippen LogP contribution in [0.5, 0.6) is 0 Å². The summed E-state index contributed by atoms with van der Waals surface area (Å²) in [7, 11) is 0. The summed E-state index contributed by atoms with van der Waals surface area (Å²) in [6.45, 7) is 0. The SMILES string of the molecule is Clc1cnc2ccc(-c3ccccc3)cc2n1. The summed E-state index contributed by atoms with van der Waals surface area (Å²) in [5.41, 5.74) is 3.96. The summed E-state index contributed by atoms with van der Waals surface area (Å²) in [5, 5.41) is 0.419. The van der Waals surface area contributed by atoms with E-state index in [-0.39, 0.29) is 0 Å². The maximum Gasteiger partial charge on any atom is 0.148 e. The van der Waals surface area contributed by atoms with Gasteiger partial charge in [0, 0.05) is 0 Å². The van der Waals surface area contributed by atoms with Gasteiger partial charge in [0.15, 0.2) is 0 Å². The number of fused-ring (bicyclic) bond motifs is 1. The highest BCUT2D eigenvalue weighted by molar-refractivity contribution is 6.29. The topological polar surface area (TPSA) is 25.8 Å². The van der Waals surface area contributed by atoms with E-state index in [0.29, 0.717) is 5.15 Å². The summed E-state index contributed by atoms with van der Waals surface area (Å²) < 4.78 is 0. The summed E-state index contributed by atoms with van der Waals surface area (Å²) in [5.74, 6) is 0. The fourth-order valence-corrected chi connectivity index (χ4v) is 1.94. The third-order valence-electron chi connectivity index (χ3n) is 2.62. The van der Waals surface area contributed by atoms with E-state index in [0.717, 1.165) is 22.2 Å². The highest BCUT2D eigenvalue weighted by Gasteiger charge is 2.01. The Morgan fingerprint density at radius 3 is 2.47 bits per heavy atom. The van der Waals surface area contributed by atoms with E-state index in [9.17, 15) is 0 Å². The first-order chi connectivity index (χ1) is 8.33. The van der Waals surface area contributed by atoms with E-state index < -0.39 is 0 Å². The summed E-state index contributed by atoms with van der Waals surface area (Å²) in [6.07, 6.45) is 1.56. The molecular formula is C14H9ClN2. The predicted octanol–water partition coefficient (Wildman–Crippen LogP) is 3.95. The lowest BCUT2D eigenvalue weighted by atomic mass is 10.1. The molecule has 0 aliphatic carbocycles. The van der Waals surface area contributed by atoms with Gasteiger partial charge in [-0.1, -0.05) is 48.0 Å². The molecule has 0 fully saturated rings. The zero-order chi connectivity index (χ0) is 11.7. The van der Waals surface area contributed by atoms with Gasteiger partial charge in [0.05, 0.1) is 17.2 Å². The Bertz CT molecular complexity index is 665. The number of hydrogen-bond donors (Lipinski definition) is 0. The second-order valence-electron chi connectivity index (χ2n) is 3.76. The largest absolute Gasteiger partial charge is 0.251 e. The predicted molar refractivity (Wildman–Crippen MR) is 70.0 cm³/mol. The zero-order valence-electron chi connectivity index (χ0n) is 8.97. The maximum atomic E-state index is 5.84. The lowest BCUT2D eigenvalue weighted by Gasteiger charge is -2.03. The molecule has 3 rings (SSSR count). The average Bonchev–Trinajstić information content (AvgIpc) is 2.39. The molecule has 2 nitrogen and oxygen atoms in total. The van der Waals surface area contributed by atoms with Gasteiger partial charge in [0.25, 0.3) is 0 Å². The first-order valence-electron chi connectivity index (χ1n) is 5.31. The molecule has 0 saturated heterocycles. The van der Waals surface area contributed by atoms with Crippen molar-refractivity contribution in [3.63, 3.8) is 0 Å². The highest BCUT2D eigenvalue weighted by atomic mass is 35.5. The van der Waals surface area contributed by atoms with Gasteiger partial charge in [-0.05, 0) is 23.3 Å². The van der Waals surface area contributed by atoms with Gasteiger partial charge in [-0.2, -0.15) is 0 Å². The van der Waals surface area contributed by atoms with Crippen LogP contribution in [0.2, 0.25) is 5.15 Å². The van der Waals surface area contributed by atoms with E-state index in [1.807, 2.05) is 36.4 Å². The molecule has 82 valence electrons. The molecule has 0 bridgehead atoms. The van der Waals surface area contributed by atoms with E-state index in [1.165, 1.54) is 0 Å². The van der Waals surface area contributed by atoms with Crippen LogP contribution in [0, 0.1) is 0 Å². The number of halogens is 1. The standard InChI is InChI=1S/C14H9ClN2/c15-14-9-16-12-7-6-11(8-13(12)17-14)10-4-2-1-3-5-10/h1-9H. The van der Waals surface area contributed by atoms with Gasteiger partial charge < -0.3 is 0 Å².